The Bertz CT molecular complexity index is 1090. The molecule has 2 aromatic carbocycles. The van der Waals surface area contributed by atoms with Crippen molar-refractivity contribution in [3.05, 3.63) is 65.7 Å². The second-order valence-electron chi connectivity index (χ2n) is 14.0. The molecule has 0 spiro atoms. The van der Waals surface area contributed by atoms with Crippen molar-refractivity contribution in [2.45, 2.75) is 87.5 Å². The Balaban J connectivity index is 2.00. The number of likely N-dealkylation sites (N-methyl/N-ethyl adjacent to an activating group) is 1. The van der Waals surface area contributed by atoms with Crippen LogP contribution in [0.3, 0.4) is 0 Å². The summed E-state index contributed by atoms with van der Waals surface area (Å²) in [5.74, 6) is -0.0937. The highest BCUT2D eigenvalue weighted by molar-refractivity contribution is 5.77. The maximum Gasteiger partial charge on any atom is 0.312 e. The Labute approximate surface area is 239 Å². The fraction of sp³-hybridized carbons (Fsp3) is 0.571. The Hall–Kier alpha value is -2.59. The second-order valence-corrected chi connectivity index (χ2v) is 14.0. The molecule has 39 heavy (non-hydrogen) atoms. The number of para-hydroxylation sites is 1. The Morgan fingerprint density at radius 3 is 2.08 bits per heavy atom. The fourth-order valence-corrected chi connectivity index (χ4v) is 5.34. The van der Waals surface area contributed by atoms with Gasteiger partial charge in [-0.15, -0.1) is 0 Å². The van der Waals surface area contributed by atoms with E-state index in [1.807, 2.05) is 0 Å². The zero-order valence-corrected chi connectivity index (χ0v) is 26.7. The van der Waals surface area contributed by atoms with E-state index in [0.29, 0.717) is 13.2 Å². The molecule has 0 fully saturated rings. The van der Waals surface area contributed by atoms with Gasteiger partial charge < -0.3 is 15.0 Å². The van der Waals surface area contributed by atoms with E-state index in [-0.39, 0.29) is 22.2 Å². The maximum atomic E-state index is 13.3. The first-order valence-corrected chi connectivity index (χ1v) is 14.6. The van der Waals surface area contributed by atoms with Crippen LogP contribution in [0.5, 0.6) is 0 Å². The third kappa shape index (κ3) is 8.96. The van der Waals surface area contributed by atoms with Crippen molar-refractivity contribution in [1.82, 2.24) is 0 Å². The number of benzene rings is 2. The van der Waals surface area contributed by atoms with E-state index in [9.17, 15) is 4.79 Å². The highest BCUT2D eigenvalue weighted by Gasteiger charge is 2.47. The second kappa shape index (κ2) is 13.2. The molecule has 0 saturated carbocycles. The monoisotopic (exact) mass is 535 g/mol. The van der Waals surface area contributed by atoms with Gasteiger partial charge in [0.1, 0.15) is 12.3 Å². The average molecular weight is 536 g/mol. The molecule has 2 N–H and O–H groups in total. The molecule has 216 valence electrons. The van der Waals surface area contributed by atoms with E-state index in [4.69, 9.17) is 4.74 Å². The van der Waals surface area contributed by atoms with Gasteiger partial charge >= 0.3 is 5.97 Å². The predicted octanol–water partition coefficient (Wildman–Crippen LogP) is 7.75. The van der Waals surface area contributed by atoms with Crippen LogP contribution >= 0.6 is 0 Å². The van der Waals surface area contributed by atoms with Gasteiger partial charge in [-0.1, -0.05) is 97.9 Å². The molecule has 0 aliphatic rings. The van der Waals surface area contributed by atoms with Gasteiger partial charge in [0, 0.05) is 17.8 Å². The normalized spacial score (nSPS) is 14.3. The topological polar surface area (TPSA) is 46.1 Å². The van der Waals surface area contributed by atoms with Crippen LogP contribution in [0, 0.1) is 16.2 Å². The van der Waals surface area contributed by atoms with Crippen molar-refractivity contribution in [3.63, 3.8) is 0 Å². The molecule has 2 aromatic rings. The Morgan fingerprint density at radius 2 is 1.54 bits per heavy atom. The minimum Gasteiger partial charge on any atom is -0.463 e. The molecule has 1 unspecified atom stereocenters. The summed E-state index contributed by atoms with van der Waals surface area (Å²) in [4.78, 5) is 15.6. The Kier molecular flexibility index (Phi) is 11.0. The molecule has 0 aliphatic carbocycles. The average Bonchev–Trinajstić information content (AvgIpc) is 2.85. The zero-order valence-electron chi connectivity index (χ0n) is 26.7. The van der Waals surface area contributed by atoms with Gasteiger partial charge in [-0.3, -0.25) is 4.79 Å². The number of nitrogens with zero attached hydrogens (tertiary/aromatic N) is 1. The summed E-state index contributed by atoms with van der Waals surface area (Å²) in [6.07, 6.45) is 6.25. The van der Waals surface area contributed by atoms with Gasteiger partial charge in [0.2, 0.25) is 0 Å². The summed E-state index contributed by atoms with van der Waals surface area (Å²) in [6, 6.07) is 17.3. The van der Waals surface area contributed by atoms with Crippen LogP contribution in [0.25, 0.3) is 6.08 Å². The number of quaternary nitrogens is 1. The van der Waals surface area contributed by atoms with E-state index in [1.54, 1.807) is 0 Å². The predicted molar refractivity (Wildman–Crippen MR) is 168 cm³/mol. The first kappa shape index (κ1) is 32.6. The van der Waals surface area contributed by atoms with Crippen LogP contribution in [0.4, 0.5) is 11.4 Å². The quantitative estimate of drug-likeness (QED) is 0.223. The van der Waals surface area contributed by atoms with Gasteiger partial charge in [-0.2, -0.15) is 0 Å². The van der Waals surface area contributed by atoms with Gasteiger partial charge in [0.15, 0.2) is 0 Å². The molecule has 0 radical (unpaired) electrons. The fourth-order valence-electron chi connectivity index (χ4n) is 5.34. The highest BCUT2D eigenvalue weighted by Crippen LogP contribution is 2.47. The zero-order chi connectivity index (χ0) is 29.5. The lowest BCUT2D eigenvalue weighted by Gasteiger charge is -2.43. The summed E-state index contributed by atoms with van der Waals surface area (Å²) < 4.78 is 5.90. The number of nitrogens with two attached hydrogens (primary N) is 1. The van der Waals surface area contributed by atoms with E-state index < -0.39 is 5.41 Å². The van der Waals surface area contributed by atoms with E-state index in [1.165, 1.54) is 16.8 Å². The number of hydrogen-bond donors (Lipinski definition) is 1. The first-order chi connectivity index (χ1) is 18.0. The molecule has 4 nitrogen and oxygen atoms in total. The van der Waals surface area contributed by atoms with Crippen molar-refractivity contribution in [1.29, 1.82) is 0 Å². The molecule has 0 aromatic heterocycles. The third-order valence-electron chi connectivity index (χ3n) is 8.16. The number of anilines is 1. The van der Waals surface area contributed by atoms with Crippen LogP contribution < -0.4 is 10.2 Å². The van der Waals surface area contributed by atoms with E-state index in [0.717, 1.165) is 25.1 Å². The molecule has 2 rings (SSSR count). The van der Waals surface area contributed by atoms with Crippen LogP contribution in [0.15, 0.2) is 54.6 Å². The molecule has 0 bridgehead atoms. The largest absolute Gasteiger partial charge is 0.463 e. The van der Waals surface area contributed by atoms with Gasteiger partial charge in [0.25, 0.3) is 0 Å². The lowest BCUT2D eigenvalue weighted by Crippen LogP contribution is -2.73. The van der Waals surface area contributed by atoms with Gasteiger partial charge in [0.05, 0.1) is 19.0 Å². The molecular weight excluding hydrogens is 480 g/mol. The minimum atomic E-state index is -0.540. The minimum absolute atomic E-state index is 0.0427. The third-order valence-corrected chi connectivity index (χ3v) is 8.16. The number of allylic oxidation sites excluding steroid dienone is 1. The van der Waals surface area contributed by atoms with Crippen molar-refractivity contribution in [3.8, 4) is 0 Å². The van der Waals surface area contributed by atoms with Crippen LogP contribution in [-0.2, 0) is 14.9 Å². The molecule has 0 amide bonds. The lowest BCUT2D eigenvalue weighted by atomic mass is 9.61. The van der Waals surface area contributed by atoms with Crippen LogP contribution in [-0.4, -0.2) is 32.7 Å². The number of carbonyl (C=O) groups excluding carboxylic acids is 1. The van der Waals surface area contributed by atoms with Crippen LogP contribution in [0.1, 0.15) is 93.2 Å². The smallest absolute Gasteiger partial charge is 0.312 e. The van der Waals surface area contributed by atoms with Crippen molar-refractivity contribution < 1.29 is 14.8 Å². The molecule has 0 aliphatic heterocycles. The van der Waals surface area contributed by atoms with E-state index >= 15 is 0 Å². The summed E-state index contributed by atoms with van der Waals surface area (Å²) in [6.45, 7) is 23.7. The SMILES string of the molecule is CCN(CCOC(=O)C(C)(CC(C)(C)C)C(C)(C)C)c1ccc(/C=C/CC(C)(C)c2ccccc2[NH2+]C)cc1. The molecular formula is C35H55N2O2+. The first-order valence-electron chi connectivity index (χ1n) is 14.6. The molecule has 0 saturated heterocycles. The summed E-state index contributed by atoms with van der Waals surface area (Å²) >= 11 is 0. The van der Waals surface area contributed by atoms with E-state index in [2.05, 4.69) is 147 Å². The standard InChI is InChI=1S/C35H54N2O2/c1-12-37(24-25-39-31(38)35(10,33(5,6)7)26-32(2,3)4)28-21-19-27(20-22-28)16-15-23-34(8,9)29-17-13-14-18-30(29)36-11/h13-22,36H,12,23-26H2,1-11H3/p+1/b16-15+. The summed E-state index contributed by atoms with van der Waals surface area (Å²) in [5.41, 5.74) is 4.41. The van der Waals surface area contributed by atoms with Crippen molar-refractivity contribution in [2.75, 3.05) is 31.6 Å². The highest BCUT2D eigenvalue weighted by atomic mass is 16.5. The van der Waals surface area contributed by atoms with Crippen molar-refractivity contribution >= 4 is 23.4 Å². The number of hydrogen-bond acceptors (Lipinski definition) is 3. The molecule has 1 atom stereocenters. The van der Waals surface area contributed by atoms with Crippen molar-refractivity contribution in [2.24, 2.45) is 16.2 Å². The van der Waals surface area contributed by atoms with Gasteiger partial charge in [-0.05, 0) is 66.7 Å². The number of esters is 1. The lowest BCUT2D eigenvalue weighted by molar-refractivity contribution is -0.540. The molecule has 4 heteroatoms. The van der Waals surface area contributed by atoms with Crippen LogP contribution in [0.2, 0.25) is 0 Å². The van der Waals surface area contributed by atoms with Gasteiger partial charge in [-0.25, -0.2) is 0 Å². The summed E-state index contributed by atoms with van der Waals surface area (Å²) in [5, 5.41) is 2.19. The number of ether oxygens (including phenoxy) is 1. The maximum absolute atomic E-state index is 13.3. The number of carbonyl (C=O) groups is 1. The Morgan fingerprint density at radius 1 is 0.923 bits per heavy atom. The number of rotatable bonds is 12. The summed E-state index contributed by atoms with van der Waals surface area (Å²) in [7, 11) is 2.10. The molecule has 0 heterocycles.